The molecule has 0 saturated carbocycles. The molecule has 0 saturated heterocycles. The molecule has 3 N–H and O–H groups in total. The van der Waals surface area contributed by atoms with E-state index in [-0.39, 0.29) is 12.0 Å². The number of hydrogen-bond acceptors (Lipinski definition) is 2. The minimum absolute atomic E-state index is 0.0642. The summed E-state index contributed by atoms with van der Waals surface area (Å²) in [7, 11) is 4.21. The number of unbranched alkanes of at least 4 members (excludes halogenated alkanes) is 1. The van der Waals surface area contributed by atoms with E-state index in [1.54, 1.807) is 0 Å². The molecular weight excluding hydrogens is 216 g/mol. The minimum atomic E-state index is -0.313. The molecule has 0 aromatic heterocycles. The third-order valence-corrected chi connectivity index (χ3v) is 2.77. The molecule has 102 valence electrons. The minimum Gasteiger partial charge on any atom is -0.393 e. The van der Waals surface area contributed by atoms with Gasteiger partial charge < -0.3 is 15.3 Å². The molecule has 0 fully saturated rings. The molecule has 1 amide bonds. The van der Waals surface area contributed by atoms with Gasteiger partial charge in [-0.05, 0) is 12.8 Å². The zero-order valence-corrected chi connectivity index (χ0v) is 11.6. The molecule has 0 aliphatic heterocycles. The lowest BCUT2D eigenvalue weighted by molar-refractivity contribution is -0.858. The van der Waals surface area contributed by atoms with Crippen molar-refractivity contribution >= 4 is 5.91 Å². The highest BCUT2D eigenvalue weighted by molar-refractivity contribution is 5.75. The molecule has 4 heteroatoms. The number of rotatable bonds is 10. The molecule has 0 aliphatic carbocycles. The first-order chi connectivity index (χ1) is 8.06. The highest BCUT2D eigenvalue weighted by Crippen LogP contribution is 2.06. The third-order valence-electron chi connectivity index (χ3n) is 2.77. The van der Waals surface area contributed by atoms with Crippen molar-refractivity contribution in [2.75, 3.05) is 27.2 Å². The average molecular weight is 245 g/mol. The van der Waals surface area contributed by atoms with Gasteiger partial charge in [0.2, 0.25) is 5.91 Å². The summed E-state index contributed by atoms with van der Waals surface area (Å²) >= 11 is 0. The number of aliphatic hydroxyl groups excluding tert-OH is 1. The van der Waals surface area contributed by atoms with Crippen molar-refractivity contribution in [3.8, 4) is 0 Å². The molecule has 0 aliphatic rings. The van der Waals surface area contributed by atoms with Crippen molar-refractivity contribution in [3.63, 3.8) is 0 Å². The molecule has 0 radical (unpaired) electrons. The first kappa shape index (κ1) is 16.4. The van der Waals surface area contributed by atoms with Crippen molar-refractivity contribution in [2.45, 2.75) is 51.6 Å². The quantitative estimate of drug-likeness (QED) is 0.473. The van der Waals surface area contributed by atoms with Gasteiger partial charge in [-0.15, -0.1) is 0 Å². The van der Waals surface area contributed by atoms with Gasteiger partial charge in [0.05, 0.1) is 26.7 Å². The normalized spacial score (nSPS) is 12.8. The molecule has 0 spiro atoms. The largest absolute Gasteiger partial charge is 0.393 e. The van der Waals surface area contributed by atoms with Crippen LogP contribution in [-0.4, -0.2) is 44.3 Å². The Morgan fingerprint density at radius 3 is 2.59 bits per heavy atom. The number of aliphatic hydroxyl groups is 1. The summed E-state index contributed by atoms with van der Waals surface area (Å²) in [6.45, 7) is 3.92. The monoisotopic (exact) mass is 245 g/mol. The molecule has 0 aromatic carbocycles. The predicted molar refractivity (Wildman–Crippen MR) is 70.1 cm³/mol. The summed E-state index contributed by atoms with van der Waals surface area (Å²) in [4.78, 5) is 12.8. The molecule has 1 atom stereocenters. The van der Waals surface area contributed by atoms with E-state index in [1.807, 2.05) is 0 Å². The van der Waals surface area contributed by atoms with Gasteiger partial charge in [0, 0.05) is 19.4 Å². The highest BCUT2D eigenvalue weighted by Gasteiger charge is 2.07. The fraction of sp³-hybridized carbons (Fsp3) is 0.923. The molecule has 4 nitrogen and oxygen atoms in total. The number of carbonyl (C=O) groups is 1. The van der Waals surface area contributed by atoms with E-state index >= 15 is 0 Å². The molecular formula is C13H29N2O2+. The zero-order chi connectivity index (χ0) is 13.1. The maximum Gasteiger partial charge on any atom is 0.220 e. The van der Waals surface area contributed by atoms with Crippen LogP contribution in [0, 0.1) is 0 Å². The Hall–Kier alpha value is -0.610. The Bertz CT molecular complexity index is 196. The van der Waals surface area contributed by atoms with Crippen LogP contribution in [0.2, 0.25) is 0 Å². The smallest absolute Gasteiger partial charge is 0.220 e. The van der Waals surface area contributed by atoms with Gasteiger partial charge in [-0.1, -0.05) is 19.8 Å². The Morgan fingerprint density at radius 1 is 1.29 bits per heavy atom. The van der Waals surface area contributed by atoms with Crippen molar-refractivity contribution < 1.29 is 14.8 Å². The van der Waals surface area contributed by atoms with Crippen LogP contribution < -0.4 is 10.2 Å². The first-order valence-corrected chi connectivity index (χ1v) is 6.80. The average Bonchev–Trinajstić information content (AvgIpc) is 2.29. The Labute approximate surface area is 105 Å². The predicted octanol–water partition coefficient (Wildman–Crippen LogP) is -0.0315. The van der Waals surface area contributed by atoms with E-state index in [2.05, 4.69) is 26.3 Å². The van der Waals surface area contributed by atoms with Gasteiger partial charge >= 0.3 is 0 Å². The third kappa shape index (κ3) is 11.6. The molecule has 0 rings (SSSR count). The van der Waals surface area contributed by atoms with Crippen LogP contribution in [0.3, 0.4) is 0 Å². The van der Waals surface area contributed by atoms with Crippen LogP contribution in [0.25, 0.3) is 0 Å². The Morgan fingerprint density at radius 2 is 2.00 bits per heavy atom. The van der Waals surface area contributed by atoms with E-state index in [0.29, 0.717) is 12.8 Å². The van der Waals surface area contributed by atoms with Gasteiger partial charge in [0.25, 0.3) is 0 Å². The van der Waals surface area contributed by atoms with Gasteiger partial charge in [-0.3, -0.25) is 4.79 Å². The van der Waals surface area contributed by atoms with Gasteiger partial charge in [0.1, 0.15) is 0 Å². The number of amides is 1. The summed E-state index contributed by atoms with van der Waals surface area (Å²) in [5.74, 6) is 0.0642. The van der Waals surface area contributed by atoms with Crippen LogP contribution in [0.4, 0.5) is 0 Å². The lowest BCUT2D eigenvalue weighted by Crippen LogP contribution is -3.05. The van der Waals surface area contributed by atoms with Gasteiger partial charge in [-0.2, -0.15) is 0 Å². The molecule has 0 heterocycles. The summed E-state index contributed by atoms with van der Waals surface area (Å²) < 4.78 is 0. The summed E-state index contributed by atoms with van der Waals surface area (Å²) in [5, 5.41) is 12.5. The number of quaternary nitrogens is 1. The van der Waals surface area contributed by atoms with Crippen LogP contribution in [0.5, 0.6) is 0 Å². The van der Waals surface area contributed by atoms with Crippen LogP contribution >= 0.6 is 0 Å². The Balaban J connectivity index is 3.39. The maximum atomic E-state index is 11.4. The fourth-order valence-electron chi connectivity index (χ4n) is 1.64. The lowest BCUT2D eigenvalue weighted by Gasteiger charge is -2.10. The summed E-state index contributed by atoms with van der Waals surface area (Å²) in [6.07, 6.45) is 4.67. The molecule has 0 aromatic rings. The molecule has 17 heavy (non-hydrogen) atoms. The lowest BCUT2D eigenvalue weighted by atomic mass is 10.1. The summed E-state index contributed by atoms with van der Waals surface area (Å²) in [5.41, 5.74) is 0. The number of hydrogen-bond donors (Lipinski definition) is 3. The second kappa shape index (κ2) is 10.5. The first-order valence-electron chi connectivity index (χ1n) is 6.80. The van der Waals surface area contributed by atoms with Crippen LogP contribution in [-0.2, 0) is 4.79 Å². The summed E-state index contributed by atoms with van der Waals surface area (Å²) in [6, 6.07) is 0. The van der Waals surface area contributed by atoms with Crippen molar-refractivity contribution in [1.82, 2.24) is 5.32 Å². The van der Waals surface area contributed by atoms with Crippen molar-refractivity contribution in [1.29, 1.82) is 0 Å². The second-order valence-electron chi connectivity index (χ2n) is 5.00. The molecule has 0 bridgehead atoms. The Kier molecular flexibility index (Phi) is 10.2. The van der Waals surface area contributed by atoms with Gasteiger partial charge in [0.15, 0.2) is 0 Å². The van der Waals surface area contributed by atoms with E-state index in [0.717, 1.165) is 38.8 Å². The number of carbonyl (C=O) groups excluding carboxylic acids is 1. The highest BCUT2D eigenvalue weighted by atomic mass is 16.3. The van der Waals surface area contributed by atoms with E-state index in [4.69, 9.17) is 0 Å². The maximum absolute atomic E-state index is 11.4. The topological polar surface area (TPSA) is 53.8 Å². The van der Waals surface area contributed by atoms with E-state index in [1.165, 1.54) is 4.90 Å². The van der Waals surface area contributed by atoms with E-state index in [9.17, 15) is 9.90 Å². The van der Waals surface area contributed by atoms with E-state index < -0.39 is 0 Å². The van der Waals surface area contributed by atoms with Crippen LogP contribution in [0.1, 0.15) is 45.4 Å². The zero-order valence-electron chi connectivity index (χ0n) is 11.6. The van der Waals surface area contributed by atoms with Crippen LogP contribution in [0.15, 0.2) is 0 Å². The number of nitrogens with one attached hydrogen (secondary N) is 2. The van der Waals surface area contributed by atoms with Crippen molar-refractivity contribution in [3.05, 3.63) is 0 Å². The molecule has 1 unspecified atom stereocenters. The SMILES string of the molecule is CCCCC(O)CCC(=O)NCCC[NH+](C)C. The standard InChI is InChI=1S/C13H28N2O2/c1-4-5-7-12(16)8-9-13(17)14-10-6-11-15(2)3/h12,16H,4-11H2,1-3H3,(H,14,17)/p+1. The second-order valence-corrected chi connectivity index (χ2v) is 5.00. The van der Waals surface area contributed by atoms with Gasteiger partial charge in [-0.25, -0.2) is 0 Å². The van der Waals surface area contributed by atoms with Crippen molar-refractivity contribution in [2.24, 2.45) is 0 Å². The fourth-order valence-corrected chi connectivity index (χ4v) is 1.64.